The summed E-state index contributed by atoms with van der Waals surface area (Å²) in [4.78, 5) is 54.2. The number of benzene rings is 1. The van der Waals surface area contributed by atoms with Crippen molar-refractivity contribution in [1.29, 1.82) is 0 Å². The number of rotatable bonds is 11. The molecule has 39 heavy (non-hydrogen) atoms. The summed E-state index contributed by atoms with van der Waals surface area (Å²) >= 11 is 0. The topological polar surface area (TPSA) is 141 Å². The Bertz CT molecular complexity index is 1170. The number of aryl methyl sites for hydroxylation is 2. The van der Waals surface area contributed by atoms with E-state index in [1.165, 1.54) is 10.6 Å². The van der Waals surface area contributed by atoms with Gasteiger partial charge in [0, 0.05) is 30.4 Å². The molecule has 1 saturated heterocycles. The van der Waals surface area contributed by atoms with E-state index in [-0.39, 0.29) is 18.2 Å². The van der Waals surface area contributed by atoms with Gasteiger partial charge >= 0.3 is 5.97 Å². The monoisotopic (exact) mass is 537 g/mol. The fourth-order valence-electron chi connectivity index (χ4n) is 4.46. The minimum atomic E-state index is -1.03. The second kappa shape index (κ2) is 13.8. The lowest BCUT2D eigenvalue weighted by molar-refractivity contribution is -0.148. The number of nitrogens with zero attached hydrogens (tertiary/aromatic N) is 2. The van der Waals surface area contributed by atoms with Crippen LogP contribution in [0.2, 0.25) is 0 Å². The Morgan fingerprint density at radius 2 is 1.87 bits per heavy atom. The van der Waals surface area contributed by atoms with E-state index in [0.29, 0.717) is 25.8 Å². The number of nitrogens with one attached hydrogen (secondary N) is 3. The van der Waals surface area contributed by atoms with E-state index in [1.54, 1.807) is 13.1 Å². The van der Waals surface area contributed by atoms with Gasteiger partial charge in [-0.15, -0.1) is 0 Å². The molecule has 2 heterocycles. The average molecular weight is 538 g/mol. The predicted molar refractivity (Wildman–Crippen MR) is 147 cm³/mol. The highest BCUT2D eigenvalue weighted by Crippen LogP contribution is 2.20. The zero-order valence-corrected chi connectivity index (χ0v) is 23.1. The first kappa shape index (κ1) is 29.8. The Labute approximate surface area is 229 Å². The molecule has 1 aromatic carbocycles. The van der Waals surface area contributed by atoms with Gasteiger partial charge in [-0.1, -0.05) is 51.1 Å². The number of aliphatic carboxylic acids is 1. The number of pyridine rings is 1. The third-order valence-electron chi connectivity index (χ3n) is 6.85. The molecule has 1 aliphatic heterocycles. The first-order valence-electron chi connectivity index (χ1n) is 13.5. The highest BCUT2D eigenvalue weighted by Gasteiger charge is 2.32. The van der Waals surface area contributed by atoms with Crippen molar-refractivity contribution in [3.05, 3.63) is 53.9 Å². The molecule has 4 N–H and O–H groups in total. The quantitative estimate of drug-likeness (QED) is 0.345. The Morgan fingerprint density at radius 1 is 1.10 bits per heavy atom. The lowest BCUT2D eigenvalue weighted by atomic mass is 10.0. The summed E-state index contributed by atoms with van der Waals surface area (Å²) in [6.07, 6.45) is 4.33. The van der Waals surface area contributed by atoms with Crippen LogP contribution in [0.4, 0.5) is 0 Å². The van der Waals surface area contributed by atoms with Gasteiger partial charge in [0.25, 0.3) is 5.91 Å². The van der Waals surface area contributed by atoms with Crippen molar-refractivity contribution in [3.63, 3.8) is 0 Å². The first-order valence-corrected chi connectivity index (χ1v) is 13.5. The summed E-state index contributed by atoms with van der Waals surface area (Å²) in [6, 6.07) is 9.66. The third kappa shape index (κ3) is 8.35. The normalized spacial score (nSPS) is 16.8. The Kier molecular flexibility index (Phi) is 10.6. The second-order valence-electron chi connectivity index (χ2n) is 10.3. The SMILES string of the molecule is CCc1cccc(-c2ccc(CCC(=O)NC(C(=O)N[C@@H](C)C(=O)N3CCC[C@@H](C(=O)O)N3)C(C)C)nc2)c1. The number of hydrogen-bond acceptors (Lipinski definition) is 6. The number of aromatic nitrogens is 1. The molecular formula is C29H39N5O5. The van der Waals surface area contributed by atoms with Crippen LogP contribution < -0.4 is 16.1 Å². The van der Waals surface area contributed by atoms with E-state index in [0.717, 1.165) is 23.2 Å². The maximum absolute atomic E-state index is 13.0. The van der Waals surface area contributed by atoms with Crippen molar-refractivity contribution in [1.82, 2.24) is 26.1 Å². The molecule has 3 atom stereocenters. The molecule has 0 saturated carbocycles. The van der Waals surface area contributed by atoms with Crippen LogP contribution in [0.15, 0.2) is 42.6 Å². The zero-order valence-electron chi connectivity index (χ0n) is 23.1. The molecule has 210 valence electrons. The molecule has 3 rings (SSSR count). The lowest BCUT2D eigenvalue weighted by Gasteiger charge is -2.34. The van der Waals surface area contributed by atoms with Crippen LogP contribution in [-0.2, 0) is 32.0 Å². The molecule has 1 fully saturated rings. The van der Waals surface area contributed by atoms with E-state index in [2.05, 4.69) is 40.1 Å². The first-order chi connectivity index (χ1) is 18.6. The zero-order chi connectivity index (χ0) is 28.5. The van der Waals surface area contributed by atoms with Gasteiger partial charge < -0.3 is 15.7 Å². The van der Waals surface area contributed by atoms with Crippen LogP contribution >= 0.6 is 0 Å². The van der Waals surface area contributed by atoms with Crippen LogP contribution in [0.3, 0.4) is 0 Å². The number of carboxylic acids is 1. The van der Waals surface area contributed by atoms with Crippen LogP contribution in [0.1, 0.15) is 58.2 Å². The smallest absolute Gasteiger partial charge is 0.322 e. The van der Waals surface area contributed by atoms with Crippen molar-refractivity contribution in [3.8, 4) is 11.1 Å². The summed E-state index contributed by atoms with van der Waals surface area (Å²) in [5.41, 5.74) is 6.84. The standard InChI is InChI=1S/C29H39N5O5/c1-5-20-8-6-9-21(16-20)22-11-12-23(30-17-22)13-14-25(35)32-26(18(2)3)27(36)31-19(4)28(37)34-15-7-10-24(33-34)29(38)39/h6,8-9,11-12,16-19,24,26,33H,5,7,10,13-15H2,1-4H3,(H,31,36)(H,32,35)(H,38,39)/t19-,24-,26?/m0/s1. The maximum atomic E-state index is 13.0. The van der Waals surface area contributed by atoms with Crippen LogP contribution in [0, 0.1) is 5.92 Å². The second-order valence-corrected chi connectivity index (χ2v) is 10.3. The van der Waals surface area contributed by atoms with Crippen molar-refractivity contribution in [2.45, 2.75) is 77.9 Å². The van der Waals surface area contributed by atoms with Crippen molar-refractivity contribution in [2.24, 2.45) is 5.92 Å². The number of carboxylic acid groups (broad SMARTS) is 1. The maximum Gasteiger partial charge on any atom is 0.322 e. The molecule has 0 aliphatic carbocycles. The number of hydrazine groups is 1. The fraction of sp³-hybridized carbons (Fsp3) is 0.483. The molecule has 0 spiro atoms. The summed E-state index contributed by atoms with van der Waals surface area (Å²) < 4.78 is 0. The molecule has 3 amide bonds. The highest BCUT2D eigenvalue weighted by molar-refractivity contribution is 5.92. The molecule has 1 unspecified atom stereocenters. The van der Waals surface area contributed by atoms with Gasteiger partial charge in [-0.3, -0.25) is 29.2 Å². The van der Waals surface area contributed by atoms with Gasteiger partial charge in [0.2, 0.25) is 11.8 Å². The molecular weight excluding hydrogens is 498 g/mol. The summed E-state index contributed by atoms with van der Waals surface area (Å²) in [5.74, 6) is -2.43. The van der Waals surface area contributed by atoms with Crippen molar-refractivity contribution >= 4 is 23.7 Å². The van der Waals surface area contributed by atoms with Gasteiger partial charge in [-0.2, -0.15) is 0 Å². The summed E-state index contributed by atoms with van der Waals surface area (Å²) in [7, 11) is 0. The third-order valence-corrected chi connectivity index (χ3v) is 6.85. The summed E-state index contributed by atoms with van der Waals surface area (Å²) in [5, 5.41) is 15.9. The Hall–Kier alpha value is -3.79. The largest absolute Gasteiger partial charge is 0.480 e. The number of carbonyl (C=O) groups excluding carboxylic acids is 3. The van der Waals surface area contributed by atoms with Gasteiger partial charge in [0.15, 0.2) is 0 Å². The van der Waals surface area contributed by atoms with Crippen LogP contribution in [-0.4, -0.2) is 63.5 Å². The number of amides is 3. The lowest BCUT2D eigenvalue weighted by Crippen LogP contribution is -2.60. The average Bonchev–Trinajstić information content (AvgIpc) is 2.94. The molecule has 0 radical (unpaired) electrons. The molecule has 1 aromatic heterocycles. The number of carbonyl (C=O) groups is 4. The van der Waals surface area contributed by atoms with E-state index < -0.39 is 35.9 Å². The summed E-state index contributed by atoms with van der Waals surface area (Å²) in [6.45, 7) is 7.64. The van der Waals surface area contributed by atoms with E-state index in [1.807, 2.05) is 38.1 Å². The Balaban J connectivity index is 1.52. The van der Waals surface area contributed by atoms with E-state index in [9.17, 15) is 24.3 Å². The van der Waals surface area contributed by atoms with Crippen molar-refractivity contribution in [2.75, 3.05) is 6.54 Å². The van der Waals surface area contributed by atoms with Gasteiger partial charge in [-0.05, 0) is 55.7 Å². The predicted octanol–water partition coefficient (Wildman–Crippen LogP) is 2.47. The fourth-order valence-corrected chi connectivity index (χ4v) is 4.46. The molecule has 2 aromatic rings. The molecule has 0 bridgehead atoms. The van der Waals surface area contributed by atoms with Crippen LogP contribution in [0.25, 0.3) is 11.1 Å². The van der Waals surface area contributed by atoms with Crippen LogP contribution in [0.5, 0.6) is 0 Å². The van der Waals surface area contributed by atoms with Gasteiger partial charge in [-0.25, -0.2) is 5.43 Å². The van der Waals surface area contributed by atoms with E-state index >= 15 is 0 Å². The molecule has 10 heteroatoms. The van der Waals surface area contributed by atoms with E-state index in [4.69, 9.17) is 0 Å². The highest BCUT2D eigenvalue weighted by atomic mass is 16.4. The Morgan fingerprint density at radius 3 is 2.51 bits per heavy atom. The van der Waals surface area contributed by atoms with Crippen molar-refractivity contribution < 1.29 is 24.3 Å². The minimum absolute atomic E-state index is 0.164. The van der Waals surface area contributed by atoms with Gasteiger partial charge in [0.1, 0.15) is 18.1 Å². The number of hydrogen-bond donors (Lipinski definition) is 4. The molecule has 1 aliphatic rings. The minimum Gasteiger partial charge on any atom is -0.480 e. The molecule has 10 nitrogen and oxygen atoms in total. The van der Waals surface area contributed by atoms with Gasteiger partial charge in [0.05, 0.1) is 0 Å².